The number of aromatic nitrogens is 1. The number of halogens is 3. The zero-order chi connectivity index (χ0) is 27.5. The standard InChI is InChI=1S/C25H27F3N4O6/c1-23-12-17(30-22(35)37-10-7-31-5-8-36-9-6-31)24(2,38-23)19-18(23)20(33)32(21(19)34)15-4-3-14(13-29)16(11-15)25(26,27)28/h3-4,11,17,33-34H,5-10,12H2,1-2H3,(H,30,35)/t17-,23-,24+/m1/s1. The molecule has 2 aromatic rings. The fraction of sp³-hybridized carbons (Fsp3) is 0.520. The second-order valence-corrected chi connectivity index (χ2v) is 10.0. The van der Waals surface area contributed by atoms with Gasteiger partial charge < -0.3 is 29.7 Å². The zero-order valence-corrected chi connectivity index (χ0v) is 20.8. The van der Waals surface area contributed by atoms with Crippen LogP contribution in [0.3, 0.4) is 0 Å². The molecule has 3 aliphatic heterocycles. The van der Waals surface area contributed by atoms with E-state index in [1.807, 2.05) is 0 Å². The fourth-order valence-electron chi connectivity index (χ4n) is 5.77. The number of carbonyl (C=O) groups excluding carboxylic acids is 1. The molecule has 13 heteroatoms. The number of hydrogen-bond donors (Lipinski definition) is 3. The Morgan fingerprint density at radius 3 is 2.58 bits per heavy atom. The van der Waals surface area contributed by atoms with E-state index in [1.165, 1.54) is 12.1 Å². The average Bonchev–Trinajstić information content (AvgIpc) is 3.38. The first-order valence-electron chi connectivity index (χ1n) is 12.1. The Hall–Kier alpha value is -3.47. The van der Waals surface area contributed by atoms with Gasteiger partial charge in [-0.1, -0.05) is 0 Å². The molecular formula is C25H27F3N4O6. The van der Waals surface area contributed by atoms with Gasteiger partial charge in [0.25, 0.3) is 0 Å². The number of ether oxygens (including phenoxy) is 3. The summed E-state index contributed by atoms with van der Waals surface area (Å²) in [5.41, 5.74) is -3.99. The Kier molecular flexibility index (Phi) is 6.24. The summed E-state index contributed by atoms with van der Waals surface area (Å²) >= 11 is 0. The summed E-state index contributed by atoms with van der Waals surface area (Å²) in [5, 5.41) is 34.1. The van der Waals surface area contributed by atoms with E-state index in [4.69, 9.17) is 19.5 Å². The topological polar surface area (TPSA) is 129 Å². The van der Waals surface area contributed by atoms with Crippen LogP contribution in [0.25, 0.3) is 5.69 Å². The van der Waals surface area contributed by atoms with E-state index in [0.29, 0.717) is 25.8 Å². The number of alkyl carbamates (subject to hydrolysis) is 1. The molecule has 3 N–H and O–H groups in total. The number of nitriles is 1. The molecule has 1 amide bonds. The van der Waals surface area contributed by atoms with Crippen LogP contribution in [-0.4, -0.2) is 71.3 Å². The summed E-state index contributed by atoms with van der Waals surface area (Å²) in [6.07, 6.45) is -5.26. The molecule has 1 aromatic heterocycles. The molecule has 2 saturated heterocycles. The number of rotatable bonds is 5. The van der Waals surface area contributed by atoms with Gasteiger partial charge in [-0.3, -0.25) is 9.47 Å². The molecule has 0 spiro atoms. The van der Waals surface area contributed by atoms with Crippen LogP contribution in [0.1, 0.15) is 42.5 Å². The summed E-state index contributed by atoms with van der Waals surface area (Å²) in [4.78, 5) is 14.7. The van der Waals surface area contributed by atoms with Crippen molar-refractivity contribution in [2.75, 3.05) is 39.5 Å². The molecule has 0 radical (unpaired) electrons. The van der Waals surface area contributed by atoms with Gasteiger partial charge in [-0.25, -0.2) is 4.79 Å². The quantitative estimate of drug-likeness (QED) is 0.532. The Balaban J connectivity index is 1.40. The van der Waals surface area contributed by atoms with Gasteiger partial charge in [0.15, 0.2) is 0 Å². The first kappa shape index (κ1) is 26.1. The van der Waals surface area contributed by atoms with Crippen LogP contribution in [0.15, 0.2) is 18.2 Å². The molecule has 0 aliphatic carbocycles. The Morgan fingerprint density at radius 2 is 1.92 bits per heavy atom. The highest BCUT2D eigenvalue weighted by Crippen LogP contribution is 2.64. The predicted molar refractivity (Wildman–Crippen MR) is 125 cm³/mol. The first-order valence-corrected chi connectivity index (χ1v) is 12.1. The van der Waals surface area contributed by atoms with Crippen molar-refractivity contribution in [3.63, 3.8) is 0 Å². The second-order valence-electron chi connectivity index (χ2n) is 10.0. The first-order chi connectivity index (χ1) is 17.9. The third kappa shape index (κ3) is 4.13. The Labute approximate surface area is 216 Å². The lowest BCUT2D eigenvalue weighted by atomic mass is 9.76. The molecule has 3 aliphatic rings. The molecule has 204 valence electrons. The summed E-state index contributed by atoms with van der Waals surface area (Å²) in [7, 11) is 0. The van der Waals surface area contributed by atoms with Gasteiger partial charge in [-0.15, -0.1) is 0 Å². The molecule has 0 unspecified atom stereocenters. The van der Waals surface area contributed by atoms with Gasteiger partial charge in [0, 0.05) is 26.1 Å². The second kappa shape index (κ2) is 9.07. The van der Waals surface area contributed by atoms with E-state index >= 15 is 0 Å². The maximum atomic E-state index is 13.6. The summed E-state index contributed by atoms with van der Waals surface area (Å²) in [5.74, 6) is -0.998. The molecule has 10 nitrogen and oxygen atoms in total. The molecule has 0 saturated carbocycles. The number of morpholine rings is 1. The minimum absolute atomic E-state index is 0.167. The lowest BCUT2D eigenvalue weighted by Crippen LogP contribution is -2.47. The number of nitrogens with zero attached hydrogens (tertiary/aromatic N) is 3. The maximum Gasteiger partial charge on any atom is 0.417 e. The monoisotopic (exact) mass is 536 g/mol. The minimum Gasteiger partial charge on any atom is -0.494 e. The van der Waals surface area contributed by atoms with E-state index in [9.17, 15) is 28.2 Å². The van der Waals surface area contributed by atoms with Crippen LogP contribution in [0.5, 0.6) is 11.8 Å². The van der Waals surface area contributed by atoms with Gasteiger partial charge in [0.2, 0.25) is 11.8 Å². The number of hydrogen-bond acceptors (Lipinski definition) is 8. The summed E-state index contributed by atoms with van der Waals surface area (Å²) in [6, 6.07) is 3.74. The van der Waals surface area contributed by atoms with Gasteiger partial charge in [0.1, 0.15) is 12.2 Å². The van der Waals surface area contributed by atoms with Crippen molar-refractivity contribution >= 4 is 6.09 Å². The number of aromatic hydroxyl groups is 2. The van der Waals surface area contributed by atoms with Crippen LogP contribution in [0, 0.1) is 11.3 Å². The van der Waals surface area contributed by atoms with E-state index in [-0.39, 0.29) is 29.8 Å². The van der Waals surface area contributed by atoms with Crippen LogP contribution in [0.2, 0.25) is 0 Å². The van der Waals surface area contributed by atoms with E-state index in [0.717, 1.165) is 23.7 Å². The van der Waals surface area contributed by atoms with Gasteiger partial charge in [-0.05, 0) is 32.0 Å². The van der Waals surface area contributed by atoms with Crippen LogP contribution in [-0.2, 0) is 31.6 Å². The van der Waals surface area contributed by atoms with Crippen molar-refractivity contribution in [2.24, 2.45) is 0 Å². The number of carbonyl (C=O) groups is 1. The van der Waals surface area contributed by atoms with Crippen molar-refractivity contribution in [1.29, 1.82) is 5.26 Å². The molecule has 1 aromatic carbocycles. The lowest BCUT2D eigenvalue weighted by molar-refractivity contribution is -0.137. The largest absolute Gasteiger partial charge is 0.494 e. The number of nitrogens with one attached hydrogen (secondary N) is 1. The average molecular weight is 537 g/mol. The SMILES string of the molecule is C[C@]12C[C@@H](NC(=O)OCCN3CCOCC3)[C@](C)(O1)c1c2c(O)n(-c2ccc(C#N)c(C(F)(F)F)c2)c1O. The third-order valence-corrected chi connectivity index (χ3v) is 7.57. The van der Waals surface area contributed by atoms with Gasteiger partial charge >= 0.3 is 12.3 Å². The van der Waals surface area contributed by atoms with Crippen LogP contribution < -0.4 is 5.32 Å². The minimum atomic E-state index is -4.82. The predicted octanol–water partition coefficient (Wildman–Crippen LogP) is 3.07. The number of benzene rings is 1. The van der Waals surface area contributed by atoms with Crippen molar-refractivity contribution in [3.8, 4) is 23.5 Å². The van der Waals surface area contributed by atoms with Gasteiger partial charge in [-0.2, -0.15) is 18.4 Å². The van der Waals surface area contributed by atoms with Crippen molar-refractivity contribution in [2.45, 2.75) is 43.7 Å². The highest BCUT2D eigenvalue weighted by molar-refractivity contribution is 5.69. The maximum absolute atomic E-state index is 13.6. The Morgan fingerprint density at radius 1 is 1.24 bits per heavy atom. The van der Waals surface area contributed by atoms with Crippen LogP contribution >= 0.6 is 0 Å². The number of amides is 1. The smallest absolute Gasteiger partial charge is 0.417 e. The van der Waals surface area contributed by atoms with Crippen molar-refractivity contribution < 1.29 is 42.4 Å². The third-order valence-electron chi connectivity index (χ3n) is 7.57. The Bertz CT molecular complexity index is 1320. The molecule has 2 fully saturated rings. The molecule has 4 heterocycles. The zero-order valence-electron chi connectivity index (χ0n) is 20.8. The highest BCUT2D eigenvalue weighted by Gasteiger charge is 2.65. The normalized spacial score (nSPS) is 26.7. The highest BCUT2D eigenvalue weighted by atomic mass is 19.4. The van der Waals surface area contributed by atoms with Crippen molar-refractivity contribution in [1.82, 2.24) is 14.8 Å². The summed E-state index contributed by atoms with van der Waals surface area (Å²) < 4.78 is 58.4. The lowest BCUT2D eigenvalue weighted by Gasteiger charge is -2.30. The van der Waals surface area contributed by atoms with E-state index in [1.54, 1.807) is 13.8 Å². The van der Waals surface area contributed by atoms with E-state index in [2.05, 4.69) is 10.2 Å². The molecule has 5 rings (SSSR count). The molecule has 38 heavy (non-hydrogen) atoms. The molecular weight excluding hydrogens is 509 g/mol. The summed E-state index contributed by atoms with van der Waals surface area (Å²) in [6.45, 7) is 6.79. The van der Waals surface area contributed by atoms with Crippen molar-refractivity contribution in [3.05, 3.63) is 40.5 Å². The van der Waals surface area contributed by atoms with Gasteiger partial charge in [0.05, 0.1) is 58.9 Å². The fourth-order valence-corrected chi connectivity index (χ4v) is 5.77. The number of fused-ring (bicyclic) bond motifs is 5. The van der Waals surface area contributed by atoms with E-state index < -0.39 is 52.4 Å². The van der Waals surface area contributed by atoms with Crippen LogP contribution in [0.4, 0.5) is 18.0 Å². The number of alkyl halides is 3. The molecule has 3 atom stereocenters. The molecule has 2 bridgehead atoms.